The number of carbonyl (C=O) groups excluding carboxylic acids is 1. The summed E-state index contributed by atoms with van der Waals surface area (Å²) in [4.78, 5) is 0. The van der Waals surface area contributed by atoms with Gasteiger partial charge in [0.2, 0.25) is 6.10 Å². The van der Waals surface area contributed by atoms with Gasteiger partial charge in [-0.25, -0.2) is 0 Å². The fourth-order valence-corrected chi connectivity index (χ4v) is 5.46. The zero-order valence-electron chi connectivity index (χ0n) is 20.3. The molecule has 0 N–H and O–H groups in total. The first-order valence-corrected chi connectivity index (χ1v) is 12.5. The lowest BCUT2D eigenvalue weighted by Crippen LogP contribution is -2.37. The Labute approximate surface area is 203 Å². The molecule has 0 saturated heterocycles. The molecule has 3 aromatic rings. The SMILES string of the molecule is CC(C)[C@@H]1CC[C@@H](C)C[C@H]1[O+]=[C-][C@@H]1[C@@H](c2ccco2)C(c2ccccc2)=NN1c1ccccc1. The van der Waals surface area contributed by atoms with Gasteiger partial charge >= 0.3 is 0 Å². The van der Waals surface area contributed by atoms with Gasteiger partial charge in [0.1, 0.15) is 5.76 Å². The second-order valence-corrected chi connectivity index (χ2v) is 10.1. The van der Waals surface area contributed by atoms with E-state index in [9.17, 15) is 0 Å². The largest absolute Gasteiger partial charge is 0.469 e. The molecule has 176 valence electrons. The van der Waals surface area contributed by atoms with E-state index < -0.39 is 0 Å². The second-order valence-electron chi connectivity index (χ2n) is 10.1. The van der Waals surface area contributed by atoms with Gasteiger partial charge in [0, 0.05) is 24.7 Å². The van der Waals surface area contributed by atoms with E-state index in [1.54, 1.807) is 6.26 Å². The van der Waals surface area contributed by atoms with Crippen LogP contribution in [0.15, 0.2) is 88.6 Å². The minimum Gasteiger partial charge on any atom is -0.469 e. The van der Waals surface area contributed by atoms with Gasteiger partial charge in [-0.05, 0) is 54.5 Å². The topological polar surface area (TPSA) is 40.0 Å². The zero-order valence-corrected chi connectivity index (χ0v) is 20.3. The van der Waals surface area contributed by atoms with Crippen LogP contribution in [0.5, 0.6) is 0 Å². The number of nitrogens with zero attached hydrogens (tertiary/aromatic N) is 2. The highest BCUT2D eigenvalue weighted by atomic mass is 16.4. The molecule has 4 heteroatoms. The molecule has 0 bridgehead atoms. The lowest BCUT2D eigenvalue weighted by molar-refractivity contribution is -0.0740. The molecule has 4 nitrogen and oxygen atoms in total. The maximum absolute atomic E-state index is 6.57. The van der Waals surface area contributed by atoms with Crippen molar-refractivity contribution >= 4 is 17.7 Å². The molecule has 1 aromatic heterocycles. The summed E-state index contributed by atoms with van der Waals surface area (Å²) in [5.41, 5.74) is 3.07. The van der Waals surface area contributed by atoms with Crippen molar-refractivity contribution in [3.05, 3.63) is 90.4 Å². The lowest BCUT2D eigenvalue weighted by Gasteiger charge is -2.32. The number of anilines is 1. The van der Waals surface area contributed by atoms with E-state index in [1.807, 2.05) is 41.4 Å². The molecule has 1 aliphatic carbocycles. The summed E-state index contributed by atoms with van der Waals surface area (Å²) in [5.74, 6) is 2.57. The van der Waals surface area contributed by atoms with Gasteiger partial charge in [-0.1, -0.05) is 69.3 Å². The highest BCUT2D eigenvalue weighted by Crippen LogP contribution is 2.38. The van der Waals surface area contributed by atoms with Crippen molar-refractivity contribution in [1.82, 2.24) is 0 Å². The average molecular weight is 455 g/mol. The molecular formula is C30H34N2O2. The number of rotatable bonds is 6. The summed E-state index contributed by atoms with van der Waals surface area (Å²) in [6.45, 7) is 6.96. The van der Waals surface area contributed by atoms with Gasteiger partial charge in [0.15, 0.2) is 0 Å². The normalized spacial score (nSPS) is 27.5. The number of para-hydroxylation sites is 1. The first-order chi connectivity index (χ1) is 16.6. The standard InChI is InChI=1S/C30H34N2O2/c1-21(2)25-17-16-22(3)19-28(25)34-20-26-29(27-15-10-18-33-27)30(23-11-6-4-7-12-23)31-32(26)24-13-8-5-9-14-24/h4-15,18,21-22,25-26,28-29H,16-17,19H2,1-3H3/t22-,25+,26-,28-,29+/m1/s1. The molecule has 2 aliphatic rings. The lowest BCUT2D eigenvalue weighted by atomic mass is 9.75. The Bertz CT molecular complexity index is 1110. The van der Waals surface area contributed by atoms with Gasteiger partial charge in [-0.3, -0.25) is 5.01 Å². The smallest absolute Gasteiger partial charge is 0.230 e. The Morgan fingerprint density at radius 1 is 0.971 bits per heavy atom. The molecule has 2 heterocycles. The summed E-state index contributed by atoms with van der Waals surface area (Å²) in [5, 5.41) is 7.18. The third-order valence-corrected chi connectivity index (χ3v) is 7.33. The van der Waals surface area contributed by atoms with Gasteiger partial charge in [-0.2, -0.15) is 5.10 Å². The molecule has 5 atom stereocenters. The molecule has 0 unspecified atom stereocenters. The highest BCUT2D eigenvalue weighted by molar-refractivity contribution is 6.09. The molecule has 2 aromatic carbocycles. The summed E-state index contributed by atoms with van der Waals surface area (Å²) in [6, 6.07) is 24.4. The second kappa shape index (κ2) is 10.0. The molecule has 0 radical (unpaired) electrons. The van der Waals surface area contributed by atoms with Crippen LogP contribution in [0.4, 0.5) is 5.69 Å². The summed E-state index contributed by atoms with van der Waals surface area (Å²) < 4.78 is 12.5. The molecular weight excluding hydrogens is 420 g/mol. The molecule has 1 saturated carbocycles. The molecule has 5 rings (SSSR count). The summed E-state index contributed by atoms with van der Waals surface area (Å²) in [6.07, 6.45) is 8.97. The number of benzene rings is 2. The van der Waals surface area contributed by atoms with Crippen molar-refractivity contribution in [3.63, 3.8) is 0 Å². The fraction of sp³-hybridized carbons (Fsp3) is 0.400. The van der Waals surface area contributed by atoms with Crippen LogP contribution in [0.1, 0.15) is 57.3 Å². The van der Waals surface area contributed by atoms with Crippen LogP contribution in [0, 0.1) is 17.8 Å². The summed E-state index contributed by atoms with van der Waals surface area (Å²) >= 11 is 0. The van der Waals surface area contributed by atoms with E-state index in [0.29, 0.717) is 17.8 Å². The van der Waals surface area contributed by atoms with E-state index >= 15 is 0 Å². The van der Waals surface area contributed by atoms with Gasteiger partial charge in [-0.15, -0.1) is 0 Å². The van der Waals surface area contributed by atoms with Crippen LogP contribution >= 0.6 is 0 Å². The van der Waals surface area contributed by atoms with Crippen molar-refractivity contribution in [2.24, 2.45) is 22.9 Å². The monoisotopic (exact) mass is 454 g/mol. The molecule has 1 fully saturated rings. The van der Waals surface area contributed by atoms with Crippen molar-refractivity contribution in [2.75, 3.05) is 5.01 Å². The predicted octanol–water partition coefficient (Wildman–Crippen LogP) is 6.76. The average Bonchev–Trinajstić information content (AvgIpc) is 3.51. The Kier molecular flexibility index (Phi) is 6.66. The van der Waals surface area contributed by atoms with Crippen molar-refractivity contribution < 1.29 is 8.84 Å². The van der Waals surface area contributed by atoms with Crippen LogP contribution in [0.2, 0.25) is 0 Å². The van der Waals surface area contributed by atoms with E-state index in [1.165, 1.54) is 12.8 Å². The van der Waals surface area contributed by atoms with Gasteiger partial charge in [0.05, 0.1) is 23.6 Å². The number of furan rings is 1. The number of hydrogen-bond donors (Lipinski definition) is 0. The minimum absolute atomic E-state index is 0.115. The van der Waals surface area contributed by atoms with E-state index in [2.05, 4.69) is 63.5 Å². The first-order valence-electron chi connectivity index (χ1n) is 12.5. The Hall–Kier alpha value is -3.14. The van der Waals surface area contributed by atoms with Crippen LogP contribution in [0.3, 0.4) is 0 Å². The fourth-order valence-electron chi connectivity index (χ4n) is 5.46. The van der Waals surface area contributed by atoms with E-state index in [0.717, 1.165) is 29.1 Å². The first kappa shape index (κ1) is 22.6. The van der Waals surface area contributed by atoms with Crippen LogP contribution in [-0.4, -0.2) is 24.1 Å². The molecule has 0 spiro atoms. The Balaban J connectivity index is 1.56. The van der Waals surface area contributed by atoms with Gasteiger partial charge < -0.3 is 8.84 Å². The molecule has 34 heavy (non-hydrogen) atoms. The van der Waals surface area contributed by atoms with Crippen LogP contribution in [-0.2, 0) is 4.42 Å². The maximum atomic E-state index is 6.57. The number of hydrazone groups is 1. The zero-order chi connectivity index (χ0) is 23.5. The number of hydrogen-bond acceptors (Lipinski definition) is 3. The third-order valence-electron chi connectivity index (χ3n) is 7.33. The Morgan fingerprint density at radius 3 is 2.38 bits per heavy atom. The van der Waals surface area contributed by atoms with Crippen molar-refractivity contribution in [2.45, 2.75) is 58.1 Å². The van der Waals surface area contributed by atoms with Crippen molar-refractivity contribution in [3.8, 4) is 0 Å². The van der Waals surface area contributed by atoms with Gasteiger partial charge in [0.25, 0.3) is 0 Å². The third kappa shape index (κ3) is 4.59. The predicted molar refractivity (Wildman–Crippen MR) is 138 cm³/mol. The quantitative estimate of drug-likeness (QED) is 0.305. The van der Waals surface area contributed by atoms with Crippen LogP contribution in [0.25, 0.3) is 0 Å². The molecule has 0 amide bonds. The van der Waals surface area contributed by atoms with Crippen molar-refractivity contribution in [1.29, 1.82) is 0 Å². The highest BCUT2D eigenvalue weighted by Gasteiger charge is 2.40. The summed E-state index contributed by atoms with van der Waals surface area (Å²) in [7, 11) is 0. The van der Waals surface area contributed by atoms with Crippen LogP contribution < -0.4 is 5.01 Å². The van der Waals surface area contributed by atoms with E-state index in [-0.39, 0.29) is 18.1 Å². The Morgan fingerprint density at radius 2 is 1.71 bits per heavy atom. The maximum Gasteiger partial charge on any atom is 0.230 e. The van der Waals surface area contributed by atoms with E-state index in [4.69, 9.17) is 13.9 Å². The minimum atomic E-state index is -0.228. The molecule has 1 aliphatic heterocycles.